The molecule has 0 unspecified atom stereocenters. The summed E-state index contributed by atoms with van der Waals surface area (Å²) in [5.41, 5.74) is 3.03. The smallest absolute Gasteiger partial charge is 0.228 e. The van der Waals surface area contributed by atoms with Gasteiger partial charge in [0.1, 0.15) is 5.82 Å². The summed E-state index contributed by atoms with van der Waals surface area (Å²) in [6, 6.07) is 10.6. The Labute approximate surface area is 201 Å². The summed E-state index contributed by atoms with van der Waals surface area (Å²) >= 11 is 1.45. The fourth-order valence-corrected chi connectivity index (χ4v) is 6.24. The number of anilines is 1. The first-order valence-electron chi connectivity index (χ1n) is 10.9. The van der Waals surface area contributed by atoms with Gasteiger partial charge in [0, 0.05) is 25.4 Å². The lowest BCUT2D eigenvalue weighted by molar-refractivity contribution is -0.118. The molecule has 0 atom stereocenters. The van der Waals surface area contributed by atoms with Gasteiger partial charge in [0.15, 0.2) is 15.0 Å². The first-order valence-corrected chi connectivity index (χ1v) is 13.3. The predicted molar refractivity (Wildman–Crippen MR) is 131 cm³/mol. The van der Waals surface area contributed by atoms with E-state index in [4.69, 9.17) is 4.98 Å². The van der Waals surface area contributed by atoms with E-state index >= 15 is 0 Å². The second-order valence-corrected chi connectivity index (χ2v) is 11.2. The van der Waals surface area contributed by atoms with E-state index in [0.29, 0.717) is 18.2 Å². The van der Waals surface area contributed by atoms with Crippen LogP contribution in [-0.2, 0) is 21.2 Å². The predicted octanol–water partition coefficient (Wildman–Crippen LogP) is 4.54. The van der Waals surface area contributed by atoms with Crippen molar-refractivity contribution in [1.29, 1.82) is 0 Å². The third kappa shape index (κ3) is 5.51. The third-order valence-electron chi connectivity index (χ3n) is 5.44. The van der Waals surface area contributed by atoms with E-state index < -0.39 is 15.7 Å². The average molecular weight is 501 g/mol. The first-order chi connectivity index (χ1) is 16.2. The molecule has 0 fully saturated rings. The number of amides is 1. The minimum Gasteiger partial charge on any atom is -0.286 e. The molecule has 1 amide bonds. The van der Waals surface area contributed by atoms with Crippen molar-refractivity contribution in [1.82, 2.24) is 14.8 Å². The largest absolute Gasteiger partial charge is 0.286 e. The van der Waals surface area contributed by atoms with Crippen LogP contribution in [0.4, 0.5) is 9.52 Å². The van der Waals surface area contributed by atoms with E-state index in [9.17, 15) is 17.6 Å². The van der Waals surface area contributed by atoms with E-state index in [1.54, 1.807) is 15.8 Å². The van der Waals surface area contributed by atoms with E-state index in [1.165, 1.54) is 23.5 Å². The molecule has 7 nitrogen and oxygen atoms in total. The average Bonchev–Trinajstić information content (AvgIpc) is 3.44. The minimum atomic E-state index is -3.61. The maximum Gasteiger partial charge on any atom is 0.228 e. The number of fused-ring (bicyclic) bond motifs is 1. The first kappa shape index (κ1) is 24.0. The zero-order valence-electron chi connectivity index (χ0n) is 18.9. The Hall–Kier alpha value is -3.11. The number of hydrogen-bond donors (Lipinski definition) is 0. The van der Waals surface area contributed by atoms with Crippen molar-refractivity contribution in [2.75, 3.05) is 17.2 Å². The highest BCUT2D eigenvalue weighted by Crippen LogP contribution is 2.32. The minimum absolute atomic E-state index is 0.0491. The van der Waals surface area contributed by atoms with Crippen molar-refractivity contribution in [2.45, 2.75) is 38.1 Å². The van der Waals surface area contributed by atoms with Gasteiger partial charge in [-0.2, -0.15) is 5.10 Å². The van der Waals surface area contributed by atoms with Crippen LogP contribution in [0.1, 0.15) is 24.0 Å². The topological polar surface area (TPSA) is 85.2 Å². The summed E-state index contributed by atoms with van der Waals surface area (Å²) in [6.45, 7) is 4.87. The van der Waals surface area contributed by atoms with Crippen molar-refractivity contribution in [2.24, 2.45) is 0 Å². The van der Waals surface area contributed by atoms with E-state index in [0.717, 1.165) is 33.5 Å². The molecule has 0 aliphatic carbocycles. The normalized spacial score (nSPS) is 11.7. The van der Waals surface area contributed by atoms with Crippen LogP contribution in [0.5, 0.6) is 0 Å². The number of carbonyl (C=O) groups is 1. The van der Waals surface area contributed by atoms with E-state index in [-0.39, 0.29) is 29.4 Å². The standard InChI is InChI=1S/C24H25FN4O3S2/c1-17-15-18(2)23-21(16-17)33-24(27-23)29(13-12-28-11-4-10-26-28)22(30)5-3-14-34(31,32)20-8-6-19(25)7-9-20/h4,6-11,15-16H,3,5,12-14H2,1-2H3. The molecule has 0 aliphatic heterocycles. The molecule has 2 heterocycles. The number of benzene rings is 2. The lowest BCUT2D eigenvalue weighted by atomic mass is 10.1. The lowest BCUT2D eigenvalue weighted by Crippen LogP contribution is -2.34. The quantitative estimate of drug-likeness (QED) is 0.315. The SMILES string of the molecule is Cc1cc(C)c2nc(N(CCn3cccn3)C(=O)CCCS(=O)(=O)c3ccc(F)cc3)sc2c1. The Morgan fingerprint density at radius 2 is 1.94 bits per heavy atom. The Balaban J connectivity index is 1.51. The van der Waals surface area contributed by atoms with Crippen molar-refractivity contribution >= 4 is 42.4 Å². The van der Waals surface area contributed by atoms with Gasteiger partial charge >= 0.3 is 0 Å². The van der Waals surface area contributed by atoms with Crippen molar-refractivity contribution < 1.29 is 17.6 Å². The molecule has 34 heavy (non-hydrogen) atoms. The van der Waals surface area contributed by atoms with Crippen LogP contribution in [0.15, 0.2) is 59.8 Å². The molecule has 10 heteroatoms. The number of halogens is 1. The summed E-state index contributed by atoms with van der Waals surface area (Å²) < 4.78 is 41.0. The van der Waals surface area contributed by atoms with Crippen LogP contribution in [0, 0.1) is 19.7 Å². The van der Waals surface area contributed by atoms with Crippen molar-refractivity contribution in [3.05, 3.63) is 71.8 Å². The zero-order valence-corrected chi connectivity index (χ0v) is 20.6. The molecule has 0 bridgehead atoms. The van der Waals surface area contributed by atoms with Gasteiger partial charge in [-0.3, -0.25) is 14.4 Å². The second kappa shape index (κ2) is 10.0. The van der Waals surface area contributed by atoms with Gasteiger partial charge in [0.2, 0.25) is 5.91 Å². The van der Waals surface area contributed by atoms with Crippen LogP contribution < -0.4 is 4.90 Å². The fourth-order valence-electron chi connectivity index (χ4n) is 3.74. The molecular weight excluding hydrogens is 475 g/mol. The van der Waals surface area contributed by atoms with Crippen LogP contribution >= 0.6 is 11.3 Å². The highest BCUT2D eigenvalue weighted by atomic mass is 32.2. The molecule has 4 rings (SSSR count). The molecule has 0 saturated carbocycles. The number of sulfone groups is 1. The number of nitrogens with zero attached hydrogens (tertiary/aromatic N) is 4. The molecular formula is C24H25FN4O3S2. The Morgan fingerprint density at radius 1 is 1.18 bits per heavy atom. The Kier molecular flexibility index (Phi) is 7.08. The number of aromatic nitrogens is 3. The molecule has 2 aromatic heterocycles. The highest BCUT2D eigenvalue weighted by molar-refractivity contribution is 7.91. The van der Waals surface area contributed by atoms with Crippen LogP contribution in [0.25, 0.3) is 10.2 Å². The maximum atomic E-state index is 13.2. The second-order valence-electron chi connectivity index (χ2n) is 8.12. The number of aryl methyl sites for hydroxylation is 2. The summed E-state index contributed by atoms with van der Waals surface area (Å²) in [6.07, 6.45) is 3.70. The van der Waals surface area contributed by atoms with Crippen LogP contribution in [0.3, 0.4) is 0 Å². The molecule has 0 saturated heterocycles. The zero-order chi connectivity index (χ0) is 24.3. The fraction of sp³-hybridized carbons (Fsp3) is 0.292. The molecule has 0 N–H and O–H groups in total. The molecule has 0 spiro atoms. The van der Waals surface area contributed by atoms with Gasteiger partial charge in [-0.1, -0.05) is 17.4 Å². The van der Waals surface area contributed by atoms with Gasteiger partial charge in [-0.05, 0) is 67.8 Å². The number of carbonyl (C=O) groups excluding carboxylic acids is 1. The van der Waals surface area contributed by atoms with Gasteiger partial charge in [0.25, 0.3) is 0 Å². The monoisotopic (exact) mass is 500 g/mol. The van der Waals surface area contributed by atoms with E-state index in [2.05, 4.69) is 17.2 Å². The molecule has 2 aromatic carbocycles. The highest BCUT2D eigenvalue weighted by Gasteiger charge is 2.22. The number of hydrogen-bond acceptors (Lipinski definition) is 6. The summed E-state index contributed by atoms with van der Waals surface area (Å²) in [7, 11) is -3.61. The Bertz CT molecular complexity index is 1400. The summed E-state index contributed by atoms with van der Waals surface area (Å²) in [5.74, 6) is -0.895. The van der Waals surface area contributed by atoms with Gasteiger partial charge < -0.3 is 0 Å². The Morgan fingerprint density at radius 3 is 2.65 bits per heavy atom. The summed E-state index contributed by atoms with van der Waals surface area (Å²) in [5, 5.41) is 4.78. The lowest BCUT2D eigenvalue weighted by Gasteiger charge is -2.20. The van der Waals surface area contributed by atoms with Crippen LogP contribution in [-0.4, -0.2) is 41.4 Å². The van der Waals surface area contributed by atoms with Gasteiger partial charge in [-0.15, -0.1) is 0 Å². The summed E-state index contributed by atoms with van der Waals surface area (Å²) in [4.78, 5) is 19.6. The molecule has 178 valence electrons. The molecule has 0 radical (unpaired) electrons. The number of thiazole rings is 1. The van der Waals surface area contributed by atoms with Crippen molar-refractivity contribution in [3.8, 4) is 0 Å². The van der Waals surface area contributed by atoms with Gasteiger partial charge in [0.05, 0.1) is 27.4 Å². The van der Waals surface area contributed by atoms with Crippen molar-refractivity contribution in [3.63, 3.8) is 0 Å². The van der Waals surface area contributed by atoms with Gasteiger partial charge in [-0.25, -0.2) is 17.8 Å². The molecule has 0 aliphatic rings. The maximum absolute atomic E-state index is 13.2. The van der Waals surface area contributed by atoms with Crippen LogP contribution in [0.2, 0.25) is 0 Å². The molecule has 4 aromatic rings. The number of rotatable bonds is 9. The third-order valence-corrected chi connectivity index (χ3v) is 8.28. The van der Waals surface area contributed by atoms with E-state index in [1.807, 2.05) is 26.1 Å².